The van der Waals surface area contributed by atoms with Gasteiger partial charge in [-0.05, 0) is 12.1 Å². The first-order valence-electron chi connectivity index (χ1n) is 7.64. The first kappa shape index (κ1) is 19.4. The topological polar surface area (TPSA) is 39.4 Å². The summed E-state index contributed by atoms with van der Waals surface area (Å²) in [7, 11) is 1.83. The minimum absolute atomic E-state index is 0.405. The van der Waals surface area contributed by atoms with Crippen LogP contribution in [0.2, 0.25) is 0 Å². The van der Waals surface area contributed by atoms with Gasteiger partial charge in [0.2, 0.25) is 0 Å². The lowest BCUT2D eigenvalue weighted by Crippen LogP contribution is -2.12. The molecule has 0 amide bonds. The average Bonchev–Trinajstić information content (AvgIpc) is 2.64. The van der Waals surface area contributed by atoms with Crippen molar-refractivity contribution < 1.29 is 0 Å². The molecule has 0 aromatic heterocycles. The fourth-order valence-corrected chi connectivity index (χ4v) is 1.59. The maximum absolute atomic E-state index is 9.17. The standard InChI is InChI=1S/C15H13N3.2C2H6/c1-18(14-10-6-3-7-11-14)17-15(12-16)13-8-4-2-5-9-13;2*1-2/h2-11H,1H3;2*1-2H3/b17-15+;;. The summed E-state index contributed by atoms with van der Waals surface area (Å²) >= 11 is 0. The summed E-state index contributed by atoms with van der Waals surface area (Å²) in [5.74, 6) is 0. The number of para-hydroxylation sites is 1. The molecule has 0 radical (unpaired) electrons. The van der Waals surface area contributed by atoms with Gasteiger partial charge in [-0.2, -0.15) is 10.4 Å². The molecule has 2 aromatic carbocycles. The van der Waals surface area contributed by atoms with E-state index in [2.05, 4.69) is 11.2 Å². The summed E-state index contributed by atoms with van der Waals surface area (Å²) in [5.41, 5.74) is 2.17. The molecule has 22 heavy (non-hydrogen) atoms. The van der Waals surface area contributed by atoms with Gasteiger partial charge in [-0.3, -0.25) is 5.01 Å². The Hall–Kier alpha value is -2.60. The van der Waals surface area contributed by atoms with E-state index in [1.807, 2.05) is 95.4 Å². The van der Waals surface area contributed by atoms with Gasteiger partial charge in [0.1, 0.15) is 6.07 Å². The van der Waals surface area contributed by atoms with E-state index in [1.165, 1.54) is 0 Å². The van der Waals surface area contributed by atoms with Gasteiger partial charge in [-0.15, -0.1) is 0 Å². The van der Waals surface area contributed by atoms with Crippen LogP contribution in [0.4, 0.5) is 5.69 Å². The zero-order valence-electron chi connectivity index (χ0n) is 14.1. The number of benzene rings is 2. The molecule has 0 aliphatic heterocycles. The van der Waals surface area contributed by atoms with Crippen LogP contribution in [0, 0.1) is 11.3 Å². The van der Waals surface area contributed by atoms with Crippen LogP contribution in [0.25, 0.3) is 0 Å². The Morgan fingerprint density at radius 1 is 0.864 bits per heavy atom. The molecule has 0 saturated heterocycles. The van der Waals surface area contributed by atoms with E-state index in [1.54, 1.807) is 5.01 Å². The van der Waals surface area contributed by atoms with Gasteiger partial charge < -0.3 is 0 Å². The molecule has 0 saturated carbocycles. The van der Waals surface area contributed by atoms with Crippen molar-refractivity contribution in [1.82, 2.24) is 0 Å². The lowest BCUT2D eigenvalue weighted by atomic mass is 10.1. The van der Waals surface area contributed by atoms with E-state index in [0.29, 0.717) is 5.71 Å². The zero-order chi connectivity index (χ0) is 16.8. The SMILES string of the molecule is CC.CC.CN(/N=C(\C#N)c1ccccc1)c1ccccc1. The van der Waals surface area contributed by atoms with Gasteiger partial charge in [-0.25, -0.2) is 0 Å². The molecule has 0 aliphatic rings. The van der Waals surface area contributed by atoms with Gasteiger partial charge in [0, 0.05) is 12.6 Å². The average molecular weight is 295 g/mol. The number of hydrazone groups is 1. The Morgan fingerprint density at radius 3 is 1.77 bits per heavy atom. The maximum atomic E-state index is 9.17. The smallest absolute Gasteiger partial charge is 0.168 e. The number of hydrogen-bond donors (Lipinski definition) is 0. The third-order valence-electron chi connectivity index (χ3n) is 2.53. The largest absolute Gasteiger partial charge is 0.267 e. The van der Waals surface area contributed by atoms with Crippen LogP contribution in [-0.4, -0.2) is 12.8 Å². The second-order valence-electron chi connectivity index (χ2n) is 3.79. The molecule has 3 heteroatoms. The maximum Gasteiger partial charge on any atom is 0.168 e. The second kappa shape index (κ2) is 12.2. The Kier molecular flexibility index (Phi) is 10.7. The van der Waals surface area contributed by atoms with Gasteiger partial charge >= 0.3 is 0 Å². The molecule has 0 bridgehead atoms. The van der Waals surface area contributed by atoms with Gasteiger partial charge in [0.05, 0.1) is 5.69 Å². The van der Waals surface area contributed by atoms with Crippen molar-refractivity contribution in [3.63, 3.8) is 0 Å². The molecule has 0 atom stereocenters. The molecule has 2 rings (SSSR count). The van der Waals surface area contributed by atoms with Crippen molar-refractivity contribution in [1.29, 1.82) is 5.26 Å². The van der Waals surface area contributed by atoms with Crippen LogP contribution in [0.15, 0.2) is 65.8 Å². The Morgan fingerprint density at radius 2 is 1.32 bits per heavy atom. The molecular formula is C19H25N3. The summed E-state index contributed by atoms with van der Waals surface area (Å²) in [5, 5.41) is 15.2. The Balaban J connectivity index is 0.00000102. The van der Waals surface area contributed by atoms with E-state index >= 15 is 0 Å². The summed E-state index contributed by atoms with van der Waals surface area (Å²) in [6.07, 6.45) is 0. The van der Waals surface area contributed by atoms with Crippen LogP contribution < -0.4 is 5.01 Å². The van der Waals surface area contributed by atoms with E-state index in [9.17, 15) is 0 Å². The minimum atomic E-state index is 0.405. The van der Waals surface area contributed by atoms with Crippen LogP contribution in [-0.2, 0) is 0 Å². The van der Waals surface area contributed by atoms with Crippen molar-refractivity contribution in [3.8, 4) is 6.07 Å². The number of rotatable bonds is 3. The van der Waals surface area contributed by atoms with E-state index < -0.39 is 0 Å². The first-order chi connectivity index (χ1) is 10.8. The lowest BCUT2D eigenvalue weighted by molar-refractivity contribution is 1.02. The zero-order valence-corrected chi connectivity index (χ0v) is 14.1. The van der Waals surface area contributed by atoms with E-state index in [-0.39, 0.29) is 0 Å². The highest BCUT2D eigenvalue weighted by molar-refractivity contribution is 6.11. The fraction of sp³-hybridized carbons (Fsp3) is 0.263. The lowest BCUT2D eigenvalue weighted by Gasteiger charge is -2.13. The van der Waals surface area contributed by atoms with Gasteiger partial charge in [0.25, 0.3) is 0 Å². The number of anilines is 1. The van der Waals surface area contributed by atoms with Crippen LogP contribution in [0.1, 0.15) is 33.3 Å². The molecule has 0 spiro atoms. The minimum Gasteiger partial charge on any atom is -0.267 e. The van der Waals surface area contributed by atoms with Crippen molar-refractivity contribution in [2.24, 2.45) is 5.10 Å². The molecule has 2 aromatic rings. The molecule has 0 N–H and O–H groups in total. The number of nitrogens with zero attached hydrogens (tertiary/aromatic N) is 3. The van der Waals surface area contributed by atoms with Crippen LogP contribution in [0.5, 0.6) is 0 Å². The summed E-state index contributed by atoms with van der Waals surface area (Å²) in [6, 6.07) is 21.3. The molecule has 3 nitrogen and oxygen atoms in total. The summed E-state index contributed by atoms with van der Waals surface area (Å²) in [6.45, 7) is 8.00. The summed E-state index contributed by atoms with van der Waals surface area (Å²) in [4.78, 5) is 0. The third kappa shape index (κ3) is 6.23. The van der Waals surface area contributed by atoms with Gasteiger partial charge in [-0.1, -0.05) is 76.2 Å². The molecule has 0 fully saturated rings. The highest BCUT2D eigenvalue weighted by Gasteiger charge is 2.04. The second-order valence-corrected chi connectivity index (χ2v) is 3.79. The molecule has 116 valence electrons. The van der Waals surface area contributed by atoms with E-state index in [0.717, 1.165) is 11.3 Å². The number of hydrogen-bond acceptors (Lipinski definition) is 3. The molecule has 0 unspecified atom stereocenters. The predicted molar refractivity (Wildman–Crippen MR) is 96.1 cm³/mol. The monoisotopic (exact) mass is 295 g/mol. The molecule has 0 heterocycles. The van der Waals surface area contributed by atoms with Crippen LogP contribution >= 0.6 is 0 Å². The Bertz CT molecular complexity index is 569. The highest BCUT2D eigenvalue weighted by atomic mass is 15.4. The quantitative estimate of drug-likeness (QED) is 0.583. The highest BCUT2D eigenvalue weighted by Crippen LogP contribution is 2.12. The summed E-state index contributed by atoms with van der Waals surface area (Å²) < 4.78 is 0. The third-order valence-corrected chi connectivity index (χ3v) is 2.53. The number of nitriles is 1. The van der Waals surface area contributed by atoms with Gasteiger partial charge in [0.15, 0.2) is 5.71 Å². The fourth-order valence-electron chi connectivity index (χ4n) is 1.59. The van der Waals surface area contributed by atoms with E-state index in [4.69, 9.17) is 5.26 Å². The van der Waals surface area contributed by atoms with Crippen LogP contribution in [0.3, 0.4) is 0 Å². The predicted octanol–water partition coefficient (Wildman–Crippen LogP) is 5.10. The van der Waals surface area contributed by atoms with Crippen molar-refractivity contribution in [2.75, 3.05) is 12.1 Å². The van der Waals surface area contributed by atoms with Crippen molar-refractivity contribution in [2.45, 2.75) is 27.7 Å². The Labute approximate surface area is 134 Å². The van der Waals surface area contributed by atoms with Crippen molar-refractivity contribution >= 4 is 11.4 Å². The first-order valence-corrected chi connectivity index (χ1v) is 7.64. The van der Waals surface area contributed by atoms with Crippen molar-refractivity contribution in [3.05, 3.63) is 66.2 Å². The normalized spacial score (nSPS) is 9.36. The molecule has 0 aliphatic carbocycles. The molecular weight excluding hydrogens is 270 g/mol.